The first-order valence-electron chi connectivity index (χ1n) is 5.46. The van der Waals surface area contributed by atoms with Crippen LogP contribution in [0.3, 0.4) is 0 Å². The van der Waals surface area contributed by atoms with Crippen molar-refractivity contribution in [3.8, 4) is 0 Å². The molecule has 1 aromatic heterocycles. The fraction of sp³-hybridized carbons (Fsp3) is 0.583. The van der Waals surface area contributed by atoms with E-state index in [9.17, 15) is 4.39 Å². The zero-order valence-electron chi connectivity index (χ0n) is 10.1. The Morgan fingerprint density at radius 1 is 1.50 bits per heavy atom. The van der Waals surface area contributed by atoms with Crippen molar-refractivity contribution in [2.24, 2.45) is 0 Å². The molecule has 0 aliphatic rings. The highest BCUT2D eigenvalue weighted by Gasteiger charge is 2.14. The molecule has 0 aliphatic carbocycles. The van der Waals surface area contributed by atoms with Crippen LogP contribution in [0.25, 0.3) is 0 Å². The number of aromatic nitrogens is 1. The summed E-state index contributed by atoms with van der Waals surface area (Å²) in [7, 11) is 0. The van der Waals surface area contributed by atoms with E-state index < -0.39 is 6.17 Å². The van der Waals surface area contributed by atoms with Crippen LogP contribution in [0.4, 0.5) is 10.1 Å². The van der Waals surface area contributed by atoms with Crippen molar-refractivity contribution in [2.45, 2.75) is 38.9 Å². The Kier molecular flexibility index (Phi) is 4.24. The summed E-state index contributed by atoms with van der Waals surface area (Å²) in [6.45, 7) is 6.37. The number of hydrogen-bond donors (Lipinski definition) is 2. The molecule has 1 unspecified atom stereocenters. The maximum absolute atomic E-state index is 13.7. The van der Waals surface area contributed by atoms with Gasteiger partial charge in [-0.25, -0.2) is 4.39 Å². The Hall–Kier alpha value is -1.16. The molecule has 1 atom stereocenters. The molecule has 1 rings (SSSR count). The topological polar surface area (TPSA) is 50.9 Å². The van der Waals surface area contributed by atoms with Crippen molar-refractivity contribution in [3.05, 3.63) is 24.0 Å². The number of nitrogens with zero attached hydrogens (tertiary/aromatic N) is 1. The molecular formula is C12H20FN3. The van der Waals surface area contributed by atoms with Gasteiger partial charge in [0.05, 0.1) is 0 Å². The van der Waals surface area contributed by atoms with Gasteiger partial charge in [-0.2, -0.15) is 0 Å². The molecule has 4 heteroatoms. The van der Waals surface area contributed by atoms with Crippen molar-refractivity contribution in [1.29, 1.82) is 0 Å². The molecule has 0 aliphatic heterocycles. The number of halogens is 1. The summed E-state index contributed by atoms with van der Waals surface area (Å²) in [5, 5.41) is 3.13. The van der Waals surface area contributed by atoms with Crippen LogP contribution in [0.5, 0.6) is 0 Å². The van der Waals surface area contributed by atoms with Gasteiger partial charge in [0.25, 0.3) is 0 Å². The third-order valence-corrected chi connectivity index (χ3v) is 2.24. The molecule has 3 N–H and O–H groups in total. The Morgan fingerprint density at radius 3 is 2.75 bits per heavy atom. The summed E-state index contributed by atoms with van der Waals surface area (Å²) >= 11 is 0. The van der Waals surface area contributed by atoms with Gasteiger partial charge < -0.3 is 11.1 Å². The number of nitrogen functional groups attached to an aromatic ring is 1. The van der Waals surface area contributed by atoms with Crippen LogP contribution in [-0.2, 0) is 6.42 Å². The summed E-state index contributed by atoms with van der Waals surface area (Å²) < 4.78 is 13.7. The molecule has 16 heavy (non-hydrogen) atoms. The van der Waals surface area contributed by atoms with Crippen LogP contribution < -0.4 is 11.1 Å². The normalized spacial score (nSPS) is 13.8. The van der Waals surface area contributed by atoms with E-state index in [1.807, 2.05) is 20.8 Å². The van der Waals surface area contributed by atoms with E-state index in [-0.39, 0.29) is 5.54 Å². The second-order valence-corrected chi connectivity index (χ2v) is 5.01. The first-order valence-corrected chi connectivity index (χ1v) is 5.46. The Balaban J connectivity index is 2.46. The standard InChI is InChI=1S/C12H20FN3/c1-12(2,3)16-8-10(13)6-9-7-15-5-4-11(9)14/h4-5,7,10,16H,6,8H2,1-3H3,(H2,14,15). The quantitative estimate of drug-likeness (QED) is 0.823. The molecule has 0 radical (unpaired) electrons. The van der Waals surface area contributed by atoms with E-state index in [0.29, 0.717) is 18.7 Å². The molecule has 0 spiro atoms. The molecular weight excluding hydrogens is 205 g/mol. The van der Waals surface area contributed by atoms with E-state index in [0.717, 1.165) is 5.56 Å². The fourth-order valence-corrected chi connectivity index (χ4v) is 1.34. The van der Waals surface area contributed by atoms with Crippen molar-refractivity contribution in [2.75, 3.05) is 12.3 Å². The van der Waals surface area contributed by atoms with Gasteiger partial charge in [0, 0.05) is 36.6 Å². The zero-order valence-corrected chi connectivity index (χ0v) is 10.1. The summed E-state index contributed by atoms with van der Waals surface area (Å²) in [5.41, 5.74) is 7.03. The summed E-state index contributed by atoms with van der Waals surface area (Å²) in [5.74, 6) is 0. The molecule has 3 nitrogen and oxygen atoms in total. The first kappa shape index (κ1) is 12.9. The fourth-order valence-electron chi connectivity index (χ4n) is 1.34. The van der Waals surface area contributed by atoms with Crippen LogP contribution in [0.2, 0.25) is 0 Å². The highest BCUT2D eigenvalue weighted by Crippen LogP contribution is 2.13. The molecule has 90 valence electrons. The van der Waals surface area contributed by atoms with Crippen molar-refractivity contribution >= 4 is 5.69 Å². The molecule has 0 saturated heterocycles. The third kappa shape index (κ3) is 4.57. The van der Waals surface area contributed by atoms with Gasteiger partial charge in [0.1, 0.15) is 6.17 Å². The smallest absolute Gasteiger partial charge is 0.117 e. The summed E-state index contributed by atoms with van der Waals surface area (Å²) in [6.07, 6.45) is 2.60. The number of nitrogens with one attached hydrogen (secondary N) is 1. The van der Waals surface area contributed by atoms with Gasteiger partial charge in [-0.1, -0.05) is 0 Å². The number of alkyl halides is 1. The van der Waals surface area contributed by atoms with E-state index in [2.05, 4.69) is 10.3 Å². The van der Waals surface area contributed by atoms with E-state index >= 15 is 0 Å². The van der Waals surface area contributed by atoms with E-state index in [1.165, 1.54) is 0 Å². The monoisotopic (exact) mass is 225 g/mol. The van der Waals surface area contributed by atoms with Crippen molar-refractivity contribution in [1.82, 2.24) is 10.3 Å². The minimum atomic E-state index is -0.939. The van der Waals surface area contributed by atoms with Crippen LogP contribution in [-0.4, -0.2) is 23.2 Å². The molecule has 1 aromatic rings. The van der Waals surface area contributed by atoms with Crippen LogP contribution >= 0.6 is 0 Å². The predicted molar refractivity (Wildman–Crippen MR) is 65.0 cm³/mol. The molecule has 0 bridgehead atoms. The third-order valence-electron chi connectivity index (χ3n) is 2.24. The molecule has 1 heterocycles. The highest BCUT2D eigenvalue weighted by molar-refractivity contribution is 5.44. The number of nitrogens with two attached hydrogens (primary N) is 1. The molecule has 0 saturated carbocycles. The van der Waals surface area contributed by atoms with E-state index in [1.54, 1.807) is 18.5 Å². The number of pyridine rings is 1. The van der Waals surface area contributed by atoms with Crippen molar-refractivity contribution < 1.29 is 4.39 Å². The van der Waals surface area contributed by atoms with Gasteiger partial charge in [0.15, 0.2) is 0 Å². The van der Waals surface area contributed by atoms with Gasteiger partial charge in [-0.15, -0.1) is 0 Å². The molecule has 0 fully saturated rings. The average molecular weight is 225 g/mol. The number of anilines is 1. The second kappa shape index (κ2) is 5.25. The summed E-state index contributed by atoms with van der Waals surface area (Å²) in [4.78, 5) is 3.94. The van der Waals surface area contributed by atoms with Gasteiger partial charge in [-0.05, 0) is 32.4 Å². The van der Waals surface area contributed by atoms with Crippen molar-refractivity contribution in [3.63, 3.8) is 0 Å². The lowest BCUT2D eigenvalue weighted by atomic mass is 10.1. The molecule has 0 aromatic carbocycles. The van der Waals surface area contributed by atoms with Gasteiger partial charge in [-0.3, -0.25) is 4.98 Å². The zero-order chi connectivity index (χ0) is 12.2. The first-order chi connectivity index (χ1) is 7.38. The predicted octanol–water partition coefficient (Wildman–Crippen LogP) is 1.93. The number of rotatable bonds is 4. The van der Waals surface area contributed by atoms with E-state index in [4.69, 9.17) is 5.73 Å². The van der Waals surface area contributed by atoms with Crippen LogP contribution in [0, 0.1) is 0 Å². The maximum atomic E-state index is 13.7. The Morgan fingerprint density at radius 2 is 2.19 bits per heavy atom. The highest BCUT2D eigenvalue weighted by atomic mass is 19.1. The van der Waals surface area contributed by atoms with Crippen LogP contribution in [0.1, 0.15) is 26.3 Å². The SMILES string of the molecule is CC(C)(C)NCC(F)Cc1cnccc1N. The second-order valence-electron chi connectivity index (χ2n) is 5.01. The van der Waals surface area contributed by atoms with Gasteiger partial charge in [0.2, 0.25) is 0 Å². The average Bonchev–Trinajstić information content (AvgIpc) is 2.18. The summed E-state index contributed by atoms with van der Waals surface area (Å²) in [6, 6.07) is 1.69. The lowest BCUT2D eigenvalue weighted by Gasteiger charge is -2.22. The Labute approximate surface area is 96.3 Å². The largest absolute Gasteiger partial charge is 0.398 e. The van der Waals surface area contributed by atoms with Gasteiger partial charge >= 0.3 is 0 Å². The lowest BCUT2D eigenvalue weighted by molar-refractivity contribution is 0.284. The molecule has 0 amide bonds. The Bertz CT molecular complexity index is 333. The maximum Gasteiger partial charge on any atom is 0.117 e. The minimum Gasteiger partial charge on any atom is -0.398 e. The number of hydrogen-bond acceptors (Lipinski definition) is 3. The lowest BCUT2D eigenvalue weighted by Crippen LogP contribution is -2.40. The van der Waals surface area contributed by atoms with Crippen LogP contribution in [0.15, 0.2) is 18.5 Å². The minimum absolute atomic E-state index is 0.0647.